The van der Waals surface area contributed by atoms with Crippen molar-refractivity contribution in [2.24, 2.45) is 0 Å². The number of rotatable bonds is 4. The van der Waals surface area contributed by atoms with Gasteiger partial charge >= 0.3 is 7.82 Å². The van der Waals surface area contributed by atoms with Gasteiger partial charge in [-0.15, -0.1) is 0 Å². The zero-order chi connectivity index (χ0) is 18.5. The van der Waals surface area contributed by atoms with Crippen molar-refractivity contribution in [2.75, 3.05) is 12.3 Å². The number of phosphoric ester groups is 1. The molecule has 6 N–H and O–H groups in total. The number of H-pyrrole nitrogens is 1. The van der Waals surface area contributed by atoms with Gasteiger partial charge in [0.05, 0.1) is 22.6 Å². The number of anilines is 1. The Hall–Kier alpha value is -0.790. The van der Waals surface area contributed by atoms with Gasteiger partial charge in [0.2, 0.25) is 5.95 Å². The van der Waals surface area contributed by atoms with Crippen LogP contribution < -0.4 is 11.3 Å². The lowest BCUT2D eigenvalue weighted by atomic mass is 10.2. The van der Waals surface area contributed by atoms with E-state index in [1.807, 2.05) is 0 Å². The normalized spacial score (nSPS) is 24.3. The van der Waals surface area contributed by atoms with Crippen molar-refractivity contribution in [3.05, 3.63) is 19.4 Å². The van der Waals surface area contributed by atoms with Crippen molar-refractivity contribution in [1.82, 2.24) is 14.5 Å². The molecule has 0 aliphatic carbocycles. The number of nitrogens with one attached hydrogen (secondary N) is 1. The Morgan fingerprint density at radius 1 is 1.48 bits per heavy atom. The number of nitrogen functional groups attached to an aromatic ring is 1. The van der Waals surface area contributed by atoms with Crippen LogP contribution in [0, 0.1) is 0 Å². The summed E-state index contributed by atoms with van der Waals surface area (Å²) in [6.45, 7) is -0.490. The van der Waals surface area contributed by atoms with Crippen LogP contribution in [-0.2, 0) is 13.8 Å². The summed E-state index contributed by atoms with van der Waals surface area (Å²) in [6.07, 6.45) is -2.64. The predicted molar refractivity (Wildman–Crippen MR) is 92.7 cm³/mol. The lowest BCUT2D eigenvalue weighted by Crippen LogP contribution is -2.25. The van der Waals surface area contributed by atoms with Crippen molar-refractivity contribution in [3.63, 3.8) is 0 Å². The second-order valence-corrected chi connectivity index (χ2v) is 8.13. The van der Waals surface area contributed by atoms with E-state index in [-0.39, 0.29) is 23.4 Å². The van der Waals surface area contributed by atoms with Crippen LogP contribution in [0.2, 0.25) is 0 Å². The molecule has 138 valence electrons. The Morgan fingerprint density at radius 2 is 2.16 bits per heavy atom. The quantitative estimate of drug-likeness (QED) is 0.374. The van der Waals surface area contributed by atoms with Crippen LogP contribution in [-0.4, -0.2) is 48.2 Å². The molecule has 0 radical (unpaired) electrons. The van der Waals surface area contributed by atoms with Gasteiger partial charge in [0.1, 0.15) is 16.9 Å². The number of hydrogen-bond donors (Lipinski definition) is 5. The van der Waals surface area contributed by atoms with Gasteiger partial charge in [-0.3, -0.25) is 18.9 Å². The van der Waals surface area contributed by atoms with Gasteiger partial charge in [0.25, 0.3) is 5.56 Å². The zero-order valence-corrected chi connectivity index (χ0v) is 16.4. The van der Waals surface area contributed by atoms with Gasteiger partial charge in [0, 0.05) is 6.42 Å². The summed E-state index contributed by atoms with van der Waals surface area (Å²) in [7, 11) is -4.68. The van der Waals surface area contributed by atoms with Crippen molar-refractivity contribution in [2.45, 2.75) is 24.9 Å². The molecule has 0 amide bonds. The molecule has 1 saturated heterocycles. The second kappa shape index (κ2) is 6.74. The lowest BCUT2D eigenvalue weighted by molar-refractivity contribution is -0.0429. The van der Waals surface area contributed by atoms with Gasteiger partial charge in [-0.1, -0.05) is 0 Å². The number of aliphatic hydroxyl groups is 1. The van der Waals surface area contributed by atoms with E-state index in [1.165, 1.54) is 4.57 Å². The predicted octanol–water partition coefficient (Wildman–Crippen LogP) is 0.589. The van der Waals surface area contributed by atoms with Gasteiger partial charge in [-0.2, -0.15) is 4.98 Å². The maximum atomic E-state index is 12.1. The number of phosphoric acid groups is 1. The molecule has 2 aromatic rings. The van der Waals surface area contributed by atoms with Crippen molar-refractivity contribution < 1.29 is 28.7 Å². The van der Waals surface area contributed by atoms with Gasteiger partial charge in [0.15, 0.2) is 5.65 Å². The minimum atomic E-state index is -4.68. The van der Waals surface area contributed by atoms with E-state index in [9.17, 15) is 14.5 Å². The smallest absolute Gasteiger partial charge is 0.390 e. The first kappa shape index (κ1) is 19.0. The molecule has 0 saturated carbocycles. The van der Waals surface area contributed by atoms with Crippen LogP contribution in [0.1, 0.15) is 12.6 Å². The van der Waals surface area contributed by atoms with Gasteiger partial charge in [-0.25, -0.2) is 4.57 Å². The molecule has 3 rings (SSSR count). The molecule has 0 spiro atoms. The third-order valence-corrected chi connectivity index (χ3v) is 6.23. The Kier molecular flexibility index (Phi) is 5.12. The molecule has 3 heterocycles. The number of aromatic nitrogens is 3. The average molecular weight is 504 g/mol. The van der Waals surface area contributed by atoms with Crippen molar-refractivity contribution >= 4 is 56.7 Å². The summed E-state index contributed by atoms with van der Waals surface area (Å²) in [5, 5.41) is 10.3. The van der Waals surface area contributed by atoms with Crippen molar-refractivity contribution in [3.8, 4) is 0 Å². The van der Waals surface area contributed by atoms with E-state index in [1.54, 1.807) is 0 Å². The molecule has 1 aliphatic rings. The SMILES string of the molecule is Nc1nc2c(c(Br)c(Br)n2[C@H]2C[C@H](O)[C@@H](COP(=O)(O)O)O2)c(=O)[nH]1. The largest absolute Gasteiger partial charge is 0.469 e. The monoisotopic (exact) mass is 502 g/mol. The molecular weight excluding hydrogens is 491 g/mol. The molecule has 0 aromatic carbocycles. The Bertz CT molecular complexity index is 925. The van der Waals surface area contributed by atoms with Crippen molar-refractivity contribution in [1.29, 1.82) is 0 Å². The molecule has 11 nitrogen and oxygen atoms in total. The summed E-state index contributed by atoms with van der Waals surface area (Å²) in [5.41, 5.74) is 5.37. The highest BCUT2D eigenvalue weighted by Crippen LogP contribution is 2.41. The third-order valence-electron chi connectivity index (χ3n) is 3.66. The number of hydrogen-bond acceptors (Lipinski definition) is 7. The van der Waals surface area contributed by atoms with Crippen LogP contribution in [0.5, 0.6) is 0 Å². The number of nitrogens with two attached hydrogens (primary N) is 1. The molecule has 0 unspecified atom stereocenters. The van der Waals surface area contributed by atoms with Crippen LogP contribution in [0.3, 0.4) is 0 Å². The summed E-state index contributed by atoms with van der Waals surface area (Å²) in [6, 6.07) is 0. The Balaban J connectivity index is 1.97. The molecule has 1 aliphatic heterocycles. The summed E-state index contributed by atoms with van der Waals surface area (Å²) >= 11 is 6.63. The molecular formula is C11H13Br2N4O7P. The summed E-state index contributed by atoms with van der Waals surface area (Å²) in [5.74, 6) is -0.0869. The molecule has 1 fully saturated rings. The molecule has 14 heteroatoms. The van der Waals surface area contributed by atoms with Gasteiger partial charge in [-0.05, 0) is 31.9 Å². The maximum Gasteiger partial charge on any atom is 0.469 e. The molecule has 0 bridgehead atoms. The third kappa shape index (κ3) is 3.69. The topological polar surface area (TPSA) is 173 Å². The second-order valence-electron chi connectivity index (χ2n) is 5.34. The lowest BCUT2D eigenvalue weighted by Gasteiger charge is -2.17. The number of aliphatic hydroxyl groups excluding tert-OH is 1. The minimum absolute atomic E-state index is 0.0869. The van der Waals surface area contributed by atoms with E-state index >= 15 is 0 Å². The summed E-state index contributed by atoms with van der Waals surface area (Å²) < 4.78 is 23.2. The number of halogens is 2. The van der Waals surface area contributed by atoms with E-state index in [4.69, 9.17) is 20.3 Å². The standard InChI is InChI=1S/C11H13Br2N4O7P/c12-7-6-9(15-11(14)16-10(6)19)17(8(7)13)5-1-3(18)4(24-5)2-23-25(20,21)22/h3-5,18H,1-2H2,(H2,20,21,22)(H3,14,15,16,19)/t3-,4+,5+/m0/s1. The highest BCUT2D eigenvalue weighted by atomic mass is 79.9. The first-order valence-corrected chi connectivity index (χ1v) is 9.98. The molecule has 25 heavy (non-hydrogen) atoms. The number of aromatic amines is 1. The highest BCUT2D eigenvalue weighted by Gasteiger charge is 2.38. The zero-order valence-electron chi connectivity index (χ0n) is 12.3. The fourth-order valence-corrected chi connectivity index (χ4v) is 4.09. The average Bonchev–Trinajstić information content (AvgIpc) is 2.95. The fourth-order valence-electron chi connectivity index (χ4n) is 2.61. The molecule has 2 aromatic heterocycles. The maximum absolute atomic E-state index is 12.1. The Labute approximate surface area is 156 Å². The number of ether oxygens (including phenoxy) is 1. The minimum Gasteiger partial charge on any atom is -0.390 e. The van der Waals surface area contributed by atoms with Crippen LogP contribution in [0.15, 0.2) is 13.9 Å². The van der Waals surface area contributed by atoms with Crippen LogP contribution in [0.4, 0.5) is 5.95 Å². The fraction of sp³-hybridized carbons (Fsp3) is 0.455. The van der Waals surface area contributed by atoms with E-state index < -0.39 is 38.4 Å². The Morgan fingerprint density at radius 3 is 2.80 bits per heavy atom. The number of nitrogens with zero attached hydrogens (tertiary/aromatic N) is 2. The molecule has 3 atom stereocenters. The van der Waals surface area contributed by atoms with Gasteiger partial charge < -0.3 is 25.4 Å². The van der Waals surface area contributed by atoms with E-state index in [0.717, 1.165) is 0 Å². The highest BCUT2D eigenvalue weighted by molar-refractivity contribution is 9.13. The van der Waals surface area contributed by atoms with E-state index in [2.05, 4.69) is 46.4 Å². The summed E-state index contributed by atoms with van der Waals surface area (Å²) in [4.78, 5) is 36.1. The first-order valence-electron chi connectivity index (χ1n) is 6.86. The van der Waals surface area contributed by atoms with Crippen LogP contribution >= 0.6 is 39.7 Å². The van der Waals surface area contributed by atoms with E-state index in [0.29, 0.717) is 9.08 Å². The first-order chi connectivity index (χ1) is 11.6. The van der Waals surface area contributed by atoms with Crippen LogP contribution in [0.25, 0.3) is 11.0 Å². The number of fused-ring (bicyclic) bond motifs is 1.